The smallest absolute Gasteiger partial charge is 0.151 e. The van der Waals surface area contributed by atoms with Gasteiger partial charge < -0.3 is 0 Å². The van der Waals surface area contributed by atoms with Crippen molar-refractivity contribution in [2.45, 2.75) is 26.8 Å². The molecule has 0 amide bonds. The first-order chi connectivity index (χ1) is 8.65. The summed E-state index contributed by atoms with van der Waals surface area (Å²) < 4.78 is 1.94. The lowest BCUT2D eigenvalue weighted by Crippen LogP contribution is -1.96. The van der Waals surface area contributed by atoms with Crippen molar-refractivity contribution < 1.29 is 4.79 Å². The molecule has 4 heteroatoms. The fraction of sp³-hybridized carbons (Fsp3) is 0.286. The average molecular weight is 263 g/mol. The highest BCUT2D eigenvalue weighted by Gasteiger charge is 2.09. The molecule has 0 saturated carbocycles. The van der Waals surface area contributed by atoms with Crippen LogP contribution in [0.15, 0.2) is 24.4 Å². The number of carbonyl (C=O) groups excluding carboxylic acids is 1. The Morgan fingerprint density at radius 2 is 2.22 bits per heavy atom. The van der Waals surface area contributed by atoms with Gasteiger partial charge in [-0.25, -0.2) is 0 Å². The molecule has 3 nitrogen and oxygen atoms in total. The first-order valence-electron chi connectivity index (χ1n) is 5.95. The summed E-state index contributed by atoms with van der Waals surface area (Å²) in [6.07, 6.45) is 3.83. The second kappa shape index (κ2) is 5.36. The van der Waals surface area contributed by atoms with E-state index in [1.54, 1.807) is 6.07 Å². The maximum absolute atomic E-state index is 10.7. The Morgan fingerprint density at radius 1 is 1.44 bits per heavy atom. The fourth-order valence-electron chi connectivity index (χ4n) is 1.94. The summed E-state index contributed by atoms with van der Waals surface area (Å²) in [5.41, 5.74) is 3.53. The number of aryl methyl sites for hydroxylation is 2. The highest BCUT2D eigenvalue weighted by molar-refractivity contribution is 6.33. The predicted octanol–water partition coefficient (Wildman–Crippen LogP) is 3.73. The maximum atomic E-state index is 10.7. The highest BCUT2D eigenvalue weighted by Crippen LogP contribution is 2.27. The number of carbonyl (C=O) groups is 1. The Kier molecular flexibility index (Phi) is 3.82. The number of aldehydes is 1. The van der Waals surface area contributed by atoms with Gasteiger partial charge in [0.2, 0.25) is 0 Å². The zero-order valence-electron chi connectivity index (χ0n) is 10.5. The van der Waals surface area contributed by atoms with Crippen LogP contribution in [0.1, 0.15) is 29.4 Å². The van der Waals surface area contributed by atoms with E-state index in [1.807, 2.05) is 29.9 Å². The van der Waals surface area contributed by atoms with Gasteiger partial charge in [0.1, 0.15) is 0 Å². The van der Waals surface area contributed by atoms with Crippen molar-refractivity contribution in [1.82, 2.24) is 9.78 Å². The summed E-state index contributed by atoms with van der Waals surface area (Å²) in [6.45, 7) is 5.00. The van der Waals surface area contributed by atoms with Crippen LogP contribution in [-0.2, 0) is 6.54 Å². The van der Waals surface area contributed by atoms with Crippen LogP contribution in [0.5, 0.6) is 0 Å². The maximum Gasteiger partial charge on any atom is 0.151 e. The van der Waals surface area contributed by atoms with Crippen molar-refractivity contribution in [2.75, 3.05) is 0 Å². The third kappa shape index (κ3) is 2.46. The van der Waals surface area contributed by atoms with E-state index >= 15 is 0 Å². The number of benzene rings is 1. The number of hydrogen-bond donors (Lipinski definition) is 0. The van der Waals surface area contributed by atoms with Gasteiger partial charge in [-0.2, -0.15) is 5.10 Å². The number of aromatic nitrogens is 2. The largest absolute Gasteiger partial charge is 0.298 e. The van der Waals surface area contributed by atoms with Crippen LogP contribution in [0.3, 0.4) is 0 Å². The summed E-state index contributed by atoms with van der Waals surface area (Å²) in [7, 11) is 0. The normalized spacial score (nSPS) is 10.6. The van der Waals surface area contributed by atoms with E-state index in [9.17, 15) is 4.79 Å². The van der Waals surface area contributed by atoms with E-state index in [0.29, 0.717) is 10.6 Å². The van der Waals surface area contributed by atoms with Gasteiger partial charge in [0.15, 0.2) is 6.29 Å². The highest BCUT2D eigenvalue weighted by atomic mass is 35.5. The molecule has 0 fully saturated rings. The Morgan fingerprint density at radius 3 is 2.83 bits per heavy atom. The molecular formula is C14H15ClN2O. The van der Waals surface area contributed by atoms with E-state index in [-0.39, 0.29) is 0 Å². The van der Waals surface area contributed by atoms with Crippen LogP contribution in [-0.4, -0.2) is 16.1 Å². The van der Waals surface area contributed by atoms with Gasteiger partial charge in [0, 0.05) is 23.9 Å². The molecule has 0 radical (unpaired) electrons. The van der Waals surface area contributed by atoms with Gasteiger partial charge in [-0.15, -0.1) is 0 Å². The van der Waals surface area contributed by atoms with Crippen LogP contribution in [0.4, 0.5) is 0 Å². The lowest BCUT2D eigenvalue weighted by Gasteiger charge is -2.01. The topological polar surface area (TPSA) is 34.9 Å². The fourth-order valence-corrected chi connectivity index (χ4v) is 2.16. The van der Waals surface area contributed by atoms with Gasteiger partial charge in [-0.05, 0) is 31.0 Å². The third-order valence-corrected chi connectivity index (χ3v) is 3.16. The van der Waals surface area contributed by atoms with Crippen LogP contribution in [0.2, 0.25) is 5.02 Å². The van der Waals surface area contributed by atoms with Gasteiger partial charge in [0.25, 0.3) is 0 Å². The first-order valence-corrected chi connectivity index (χ1v) is 6.32. The lowest BCUT2D eigenvalue weighted by atomic mass is 10.1. The summed E-state index contributed by atoms with van der Waals surface area (Å²) in [4.78, 5) is 10.7. The van der Waals surface area contributed by atoms with Crippen LogP contribution < -0.4 is 0 Å². The molecule has 2 aromatic rings. The molecular weight excluding hydrogens is 248 g/mol. The van der Waals surface area contributed by atoms with Crippen molar-refractivity contribution in [2.24, 2.45) is 0 Å². The summed E-state index contributed by atoms with van der Waals surface area (Å²) in [6, 6.07) is 5.45. The molecule has 0 aliphatic rings. The van der Waals surface area contributed by atoms with E-state index in [0.717, 1.165) is 36.1 Å². The molecule has 1 aromatic carbocycles. The Labute approximate surface area is 111 Å². The Bertz CT molecular complexity index is 575. The van der Waals surface area contributed by atoms with Crippen molar-refractivity contribution in [3.63, 3.8) is 0 Å². The molecule has 0 atom stereocenters. The molecule has 94 valence electrons. The summed E-state index contributed by atoms with van der Waals surface area (Å²) in [5, 5.41) is 4.93. The number of rotatable bonds is 4. The third-order valence-electron chi connectivity index (χ3n) is 2.84. The van der Waals surface area contributed by atoms with Crippen molar-refractivity contribution >= 4 is 17.9 Å². The molecule has 18 heavy (non-hydrogen) atoms. The van der Waals surface area contributed by atoms with E-state index in [4.69, 9.17) is 11.6 Å². The van der Waals surface area contributed by atoms with Gasteiger partial charge in [0.05, 0.1) is 10.7 Å². The SMILES string of the molecule is CCCn1cc(-c2ccc(C=O)c(Cl)c2)c(C)n1. The summed E-state index contributed by atoms with van der Waals surface area (Å²) >= 11 is 6.04. The Balaban J connectivity index is 2.42. The molecule has 0 aliphatic heterocycles. The van der Waals surface area contributed by atoms with Gasteiger partial charge in [-0.3, -0.25) is 9.48 Å². The van der Waals surface area contributed by atoms with E-state index in [2.05, 4.69) is 12.0 Å². The molecule has 1 aromatic heterocycles. The minimum Gasteiger partial charge on any atom is -0.298 e. The van der Waals surface area contributed by atoms with Crippen LogP contribution >= 0.6 is 11.6 Å². The van der Waals surface area contributed by atoms with E-state index in [1.165, 1.54) is 0 Å². The van der Waals surface area contributed by atoms with Crippen molar-refractivity contribution in [3.8, 4) is 11.1 Å². The number of hydrogen-bond acceptors (Lipinski definition) is 2. The molecule has 0 unspecified atom stereocenters. The molecule has 2 rings (SSSR count). The van der Waals surface area contributed by atoms with Gasteiger partial charge >= 0.3 is 0 Å². The molecule has 0 saturated heterocycles. The van der Waals surface area contributed by atoms with Crippen LogP contribution in [0, 0.1) is 6.92 Å². The minimum atomic E-state index is 0.477. The molecule has 0 spiro atoms. The zero-order valence-corrected chi connectivity index (χ0v) is 11.2. The van der Waals surface area contributed by atoms with E-state index < -0.39 is 0 Å². The number of halogens is 1. The second-order valence-corrected chi connectivity index (χ2v) is 4.65. The predicted molar refractivity (Wildman–Crippen MR) is 73.1 cm³/mol. The lowest BCUT2D eigenvalue weighted by molar-refractivity contribution is 0.112. The van der Waals surface area contributed by atoms with Crippen molar-refractivity contribution in [3.05, 3.63) is 40.7 Å². The zero-order chi connectivity index (χ0) is 13.1. The average Bonchev–Trinajstić information content (AvgIpc) is 2.71. The summed E-state index contributed by atoms with van der Waals surface area (Å²) in [5.74, 6) is 0. The first kappa shape index (κ1) is 12.8. The molecule has 0 N–H and O–H groups in total. The molecule has 0 bridgehead atoms. The molecule has 1 heterocycles. The molecule has 0 aliphatic carbocycles. The van der Waals surface area contributed by atoms with Gasteiger partial charge in [-0.1, -0.05) is 24.6 Å². The quantitative estimate of drug-likeness (QED) is 0.787. The second-order valence-electron chi connectivity index (χ2n) is 4.25. The standard InChI is InChI=1S/C14H15ClN2O/c1-3-6-17-8-13(10(2)16-17)11-4-5-12(9-18)14(15)7-11/h4-5,7-9H,3,6H2,1-2H3. The number of nitrogens with zero attached hydrogens (tertiary/aromatic N) is 2. The Hall–Kier alpha value is -1.61. The van der Waals surface area contributed by atoms with Crippen molar-refractivity contribution in [1.29, 1.82) is 0 Å². The minimum absolute atomic E-state index is 0.477. The van der Waals surface area contributed by atoms with Crippen LogP contribution in [0.25, 0.3) is 11.1 Å². The monoisotopic (exact) mass is 262 g/mol.